The number of hydrogen-bond acceptors (Lipinski definition) is 5. The number of carbonyl (C=O) groups excluding carboxylic acids is 1. The van der Waals surface area contributed by atoms with Gasteiger partial charge in [-0.2, -0.15) is 0 Å². The number of anilines is 1. The van der Waals surface area contributed by atoms with Crippen LogP contribution in [-0.2, 0) is 4.74 Å². The van der Waals surface area contributed by atoms with E-state index in [1.54, 1.807) is 18.5 Å². The van der Waals surface area contributed by atoms with Crippen molar-refractivity contribution in [3.8, 4) is 0 Å². The van der Waals surface area contributed by atoms with Crippen LogP contribution < -0.4 is 10.6 Å². The third-order valence-electron chi connectivity index (χ3n) is 3.71. The van der Waals surface area contributed by atoms with E-state index in [1.165, 1.54) is 11.8 Å². The molecule has 24 heavy (non-hydrogen) atoms. The average Bonchev–Trinajstić information content (AvgIpc) is 3.10. The average molecular weight is 344 g/mol. The lowest BCUT2D eigenvalue weighted by atomic mass is 10.2. The van der Waals surface area contributed by atoms with Crippen LogP contribution in [-0.4, -0.2) is 35.3 Å². The van der Waals surface area contributed by atoms with Crippen LogP contribution in [0.5, 0.6) is 0 Å². The summed E-state index contributed by atoms with van der Waals surface area (Å²) < 4.78 is 5.49. The van der Waals surface area contributed by atoms with Gasteiger partial charge in [0, 0.05) is 36.1 Å². The molecule has 126 valence electrons. The highest BCUT2D eigenvalue weighted by atomic mass is 32.2. The fourth-order valence-corrected chi connectivity index (χ4v) is 3.27. The normalized spacial score (nSPS) is 16.8. The molecule has 0 radical (unpaired) electrons. The van der Waals surface area contributed by atoms with Crippen molar-refractivity contribution in [3.05, 3.63) is 42.2 Å². The Morgan fingerprint density at radius 3 is 2.92 bits per heavy atom. The molecular weight excluding hydrogens is 324 g/mol. The summed E-state index contributed by atoms with van der Waals surface area (Å²) in [6.45, 7) is 3.30. The van der Waals surface area contributed by atoms with Crippen molar-refractivity contribution in [1.82, 2.24) is 15.3 Å². The molecule has 6 nitrogen and oxygen atoms in total. The number of aromatic nitrogens is 2. The number of rotatable bonds is 5. The van der Waals surface area contributed by atoms with Crippen LogP contribution in [0.1, 0.15) is 18.4 Å². The lowest BCUT2D eigenvalue weighted by Gasteiger charge is -2.13. The number of aryl methyl sites for hydroxylation is 1. The van der Waals surface area contributed by atoms with Crippen molar-refractivity contribution in [2.24, 2.45) is 0 Å². The predicted molar refractivity (Wildman–Crippen MR) is 93.3 cm³/mol. The van der Waals surface area contributed by atoms with Gasteiger partial charge in [0.25, 0.3) is 0 Å². The van der Waals surface area contributed by atoms with Gasteiger partial charge in [-0.3, -0.25) is 0 Å². The number of carbonyl (C=O) groups is 1. The lowest BCUT2D eigenvalue weighted by molar-refractivity contribution is 0.112. The van der Waals surface area contributed by atoms with Gasteiger partial charge in [0.05, 0.1) is 6.10 Å². The Morgan fingerprint density at radius 2 is 2.21 bits per heavy atom. The van der Waals surface area contributed by atoms with Gasteiger partial charge in [-0.25, -0.2) is 14.8 Å². The maximum atomic E-state index is 12.0. The van der Waals surface area contributed by atoms with E-state index in [2.05, 4.69) is 20.6 Å². The van der Waals surface area contributed by atoms with E-state index in [0.29, 0.717) is 11.7 Å². The molecule has 2 amide bonds. The van der Waals surface area contributed by atoms with Gasteiger partial charge in [0.1, 0.15) is 0 Å². The highest BCUT2D eigenvalue weighted by Crippen LogP contribution is 2.27. The molecule has 1 atom stereocenters. The number of benzene rings is 1. The highest BCUT2D eigenvalue weighted by Gasteiger charge is 2.16. The van der Waals surface area contributed by atoms with E-state index in [1.807, 2.05) is 25.1 Å². The van der Waals surface area contributed by atoms with Gasteiger partial charge in [-0.05, 0) is 61.4 Å². The highest BCUT2D eigenvalue weighted by molar-refractivity contribution is 7.99. The summed E-state index contributed by atoms with van der Waals surface area (Å²) in [7, 11) is 0. The fourth-order valence-electron chi connectivity index (χ4n) is 2.46. The van der Waals surface area contributed by atoms with Crippen molar-refractivity contribution >= 4 is 23.5 Å². The third-order valence-corrected chi connectivity index (χ3v) is 4.59. The molecule has 0 spiro atoms. The monoisotopic (exact) mass is 344 g/mol. The van der Waals surface area contributed by atoms with E-state index in [-0.39, 0.29) is 12.1 Å². The molecule has 0 saturated carbocycles. The first kappa shape index (κ1) is 16.7. The van der Waals surface area contributed by atoms with E-state index < -0.39 is 0 Å². The summed E-state index contributed by atoms with van der Waals surface area (Å²) in [6, 6.07) is 7.44. The van der Waals surface area contributed by atoms with Gasteiger partial charge in [0.2, 0.25) is 0 Å². The molecule has 1 saturated heterocycles. The molecule has 0 aliphatic carbocycles. The minimum Gasteiger partial charge on any atom is -0.376 e. The topological polar surface area (TPSA) is 76.1 Å². The standard InChI is InChI=1S/C17H20N4O2S/c1-12-10-14(24-17-18-7-3-8-19-17)5-6-15(12)21-16(22)20-11-13-4-2-9-23-13/h3,5-8,10,13H,2,4,9,11H2,1H3,(H2,20,21,22)/t13-/m0/s1. The van der Waals surface area contributed by atoms with Crippen LogP contribution in [0.4, 0.5) is 10.5 Å². The molecule has 1 aliphatic heterocycles. The molecule has 1 aliphatic rings. The Hall–Kier alpha value is -2.12. The first-order chi connectivity index (χ1) is 11.7. The van der Waals surface area contributed by atoms with E-state index in [4.69, 9.17) is 4.74 Å². The van der Waals surface area contributed by atoms with Crippen molar-refractivity contribution in [3.63, 3.8) is 0 Å². The minimum absolute atomic E-state index is 0.140. The van der Waals surface area contributed by atoms with Crippen LogP contribution in [0.2, 0.25) is 0 Å². The quantitative estimate of drug-likeness (QED) is 0.815. The molecule has 0 bridgehead atoms. The zero-order chi connectivity index (χ0) is 16.8. The van der Waals surface area contributed by atoms with Crippen molar-refractivity contribution in [2.45, 2.75) is 35.9 Å². The van der Waals surface area contributed by atoms with Crippen molar-refractivity contribution < 1.29 is 9.53 Å². The summed E-state index contributed by atoms with van der Waals surface area (Å²) in [4.78, 5) is 21.4. The first-order valence-corrected chi connectivity index (χ1v) is 8.74. The maximum Gasteiger partial charge on any atom is 0.319 e. The molecule has 2 aromatic rings. The van der Waals surface area contributed by atoms with Gasteiger partial charge >= 0.3 is 6.03 Å². The molecule has 7 heteroatoms. The summed E-state index contributed by atoms with van der Waals surface area (Å²) in [5.41, 5.74) is 1.78. The number of nitrogens with one attached hydrogen (secondary N) is 2. The van der Waals surface area contributed by atoms with E-state index >= 15 is 0 Å². The minimum atomic E-state index is -0.208. The van der Waals surface area contributed by atoms with Gasteiger partial charge < -0.3 is 15.4 Å². The lowest BCUT2D eigenvalue weighted by Crippen LogP contribution is -2.35. The molecule has 1 aromatic heterocycles. The molecule has 2 heterocycles. The fraction of sp³-hybridized carbons (Fsp3) is 0.353. The second-order valence-electron chi connectivity index (χ2n) is 5.58. The van der Waals surface area contributed by atoms with Crippen LogP contribution in [0.15, 0.2) is 46.7 Å². The third kappa shape index (κ3) is 4.69. The Morgan fingerprint density at radius 1 is 1.38 bits per heavy atom. The number of urea groups is 1. The predicted octanol–water partition coefficient (Wildman–Crippen LogP) is 3.24. The summed E-state index contributed by atoms with van der Waals surface area (Å²) in [5, 5.41) is 6.43. The van der Waals surface area contributed by atoms with E-state index in [0.717, 1.165) is 35.6 Å². The first-order valence-electron chi connectivity index (χ1n) is 7.93. The number of hydrogen-bond donors (Lipinski definition) is 2. The van der Waals surface area contributed by atoms with Gasteiger partial charge in [-0.1, -0.05) is 0 Å². The van der Waals surface area contributed by atoms with Crippen molar-refractivity contribution in [1.29, 1.82) is 0 Å². The molecule has 0 unspecified atom stereocenters. The summed E-state index contributed by atoms with van der Waals surface area (Å²) in [5.74, 6) is 0. The van der Waals surface area contributed by atoms with Crippen LogP contribution in [0.3, 0.4) is 0 Å². The van der Waals surface area contributed by atoms with Crippen LogP contribution in [0.25, 0.3) is 0 Å². The number of nitrogens with zero attached hydrogens (tertiary/aromatic N) is 2. The molecule has 1 fully saturated rings. The molecule has 3 rings (SSSR count). The van der Waals surface area contributed by atoms with Gasteiger partial charge in [-0.15, -0.1) is 0 Å². The molecule has 2 N–H and O–H groups in total. The van der Waals surface area contributed by atoms with Crippen molar-refractivity contribution in [2.75, 3.05) is 18.5 Å². The molecular formula is C17H20N4O2S. The second-order valence-corrected chi connectivity index (χ2v) is 6.62. The second kappa shape index (κ2) is 8.12. The Balaban J connectivity index is 1.55. The Kier molecular flexibility index (Phi) is 5.66. The Labute approximate surface area is 145 Å². The maximum absolute atomic E-state index is 12.0. The molecule has 1 aromatic carbocycles. The van der Waals surface area contributed by atoms with E-state index in [9.17, 15) is 4.79 Å². The van der Waals surface area contributed by atoms with Crippen LogP contribution in [0, 0.1) is 6.92 Å². The number of ether oxygens (including phenoxy) is 1. The zero-order valence-electron chi connectivity index (χ0n) is 13.5. The Bertz CT molecular complexity index is 690. The summed E-state index contributed by atoms with van der Waals surface area (Å²) >= 11 is 1.49. The number of amides is 2. The summed E-state index contributed by atoms with van der Waals surface area (Å²) in [6.07, 6.45) is 5.65. The van der Waals surface area contributed by atoms with Gasteiger partial charge in [0.15, 0.2) is 5.16 Å². The zero-order valence-corrected chi connectivity index (χ0v) is 14.3. The van der Waals surface area contributed by atoms with Crippen LogP contribution >= 0.6 is 11.8 Å². The SMILES string of the molecule is Cc1cc(Sc2ncccn2)ccc1NC(=O)NC[C@@H]1CCCO1. The largest absolute Gasteiger partial charge is 0.376 e. The smallest absolute Gasteiger partial charge is 0.319 e.